The molecule has 0 saturated carbocycles. The summed E-state index contributed by atoms with van der Waals surface area (Å²) in [4.78, 5) is 0. The third kappa shape index (κ3) is 1.97. The molecule has 15 heavy (non-hydrogen) atoms. The van der Waals surface area contributed by atoms with Gasteiger partial charge in [-0.15, -0.1) is 0 Å². The maximum Gasteiger partial charge on any atom is 0.0500 e. The molecule has 1 aromatic heterocycles. The number of nitrogen functional groups attached to an aromatic ring is 1. The van der Waals surface area contributed by atoms with Gasteiger partial charge in [0.2, 0.25) is 0 Å². The molecule has 2 N–H and O–H groups in total. The van der Waals surface area contributed by atoms with Crippen molar-refractivity contribution in [3.05, 3.63) is 30.0 Å². The molecule has 0 spiro atoms. The number of benzene rings is 1. The predicted octanol–water partition coefficient (Wildman–Crippen LogP) is 3.01. The van der Waals surface area contributed by atoms with Crippen LogP contribution in [0.15, 0.2) is 24.3 Å². The Balaban J connectivity index is 2.45. The van der Waals surface area contributed by atoms with Crippen LogP contribution in [0.25, 0.3) is 10.9 Å². The Hall–Kier alpha value is -1.09. The molecule has 0 aliphatic heterocycles. The van der Waals surface area contributed by atoms with Crippen LogP contribution >= 0.6 is 11.8 Å². The molecule has 0 amide bonds. The van der Waals surface area contributed by atoms with Gasteiger partial charge in [0.05, 0.1) is 5.52 Å². The van der Waals surface area contributed by atoms with E-state index in [4.69, 9.17) is 5.73 Å². The summed E-state index contributed by atoms with van der Waals surface area (Å²) >= 11 is 1.94. The lowest BCUT2D eigenvalue weighted by atomic mass is 10.2. The average Bonchev–Trinajstić information content (AvgIpc) is 2.53. The standard InChI is InChI=1S/C12H16N2S/c1-3-15-8-11-6-9-4-5-10(13)7-12(9)14(11)2/h4-7H,3,8,13H2,1-2H3. The molecular weight excluding hydrogens is 204 g/mol. The van der Waals surface area contributed by atoms with Gasteiger partial charge in [-0.2, -0.15) is 11.8 Å². The topological polar surface area (TPSA) is 30.9 Å². The largest absolute Gasteiger partial charge is 0.399 e. The number of nitrogens with two attached hydrogens (primary N) is 1. The molecule has 2 aromatic rings. The summed E-state index contributed by atoms with van der Waals surface area (Å²) in [6.07, 6.45) is 0. The molecule has 2 nitrogen and oxygen atoms in total. The second-order valence-corrected chi connectivity index (χ2v) is 4.92. The Morgan fingerprint density at radius 1 is 1.33 bits per heavy atom. The van der Waals surface area contributed by atoms with E-state index in [0.29, 0.717) is 0 Å². The Kier molecular flexibility index (Phi) is 2.91. The second-order valence-electron chi connectivity index (χ2n) is 3.65. The number of aryl methyl sites for hydroxylation is 1. The molecule has 1 aromatic carbocycles. The third-order valence-corrected chi connectivity index (χ3v) is 3.53. The second kappa shape index (κ2) is 4.19. The molecule has 3 heteroatoms. The van der Waals surface area contributed by atoms with Gasteiger partial charge in [0.1, 0.15) is 0 Å². The predicted molar refractivity (Wildman–Crippen MR) is 69.2 cm³/mol. The molecule has 0 radical (unpaired) electrons. The van der Waals surface area contributed by atoms with Crippen molar-refractivity contribution in [2.75, 3.05) is 11.5 Å². The number of fused-ring (bicyclic) bond motifs is 1. The van der Waals surface area contributed by atoms with Crippen LogP contribution < -0.4 is 5.73 Å². The van der Waals surface area contributed by atoms with Crippen LogP contribution in [0.5, 0.6) is 0 Å². The van der Waals surface area contributed by atoms with Crippen molar-refractivity contribution in [1.29, 1.82) is 0 Å². The highest BCUT2D eigenvalue weighted by atomic mass is 32.2. The highest BCUT2D eigenvalue weighted by Crippen LogP contribution is 2.23. The fourth-order valence-electron chi connectivity index (χ4n) is 1.75. The quantitative estimate of drug-likeness (QED) is 0.806. The van der Waals surface area contributed by atoms with Gasteiger partial charge in [0, 0.05) is 29.6 Å². The highest BCUT2D eigenvalue weighted by Gasteiger charge is 2.05. The van der Waals surface area contributed by atoms with Gasteiger partial charge in [-0.3, -0.25) is 0 Å². The molecule has 0 bridgehead atoms. The van der Waals surface area contributed by atoms with Gasteiger partial charge in [-0.25, -0.2) is 0 Å². The zero-order chi connectivity index (χ0) is 10.8. The maximum absolute atomic E-state index is 5.78. The molecule has 0 unspecified atom stereocenters. The molecule has 1 heterocycles. The van der Waals surface area contributed by atoms with Gasteiger partial charge in [-0.1, -0.05) is 13.0 Å². The first-order valence-electron chi connectivity index (χ1n) is 5.14. The summed E-state index contributed by atoms with van der Waals surface area (Å²) in [5.74, 6) is 2.23. The molecule has 0 saturated heterocycles. The fourth-order valence-corrected chi connectivity index (χ4v) is 2.44. The van der Waals surface area contributed by atoms with Crippen molar-refractivity contribution in [3.63, 3.8) is 0 Å². The van der Waals surface area contributed by atoms with Crippen molar-refractivity contribution in [2.24, 2.45) is 7.05 Å². The number of nitrogens with zero attached hydrogens (tertiary/aromatic N) is 1. The summed E-state index contributed by atoms with van der Waals surface area (Å²) in [7, 11) is 2.10. The maximum atomic E-state index is 5.78. The van der Waals surface area contributed by atoms with Gasteiger partial charge >= 0.3 is 0 Å². The Bertz CT molecular complexity index is 474. The van der Waals surface area contributed by atoms with Crippen LogP contribution in [0.2, 0.25) is 0 Å². The Labute approximate surface area is 94.5 Å². The van der Waals surface area contributed by atoms with Crippen LogP contribution in [0.4, 0.5) is 5.69 Å². The monoisotopic (exact) mass is 220 g/mol. The van der Waals surface area contributed by atoms with E-state index in [-0.39, 0.29) is 0 Å². The number of thioether (sulfide) groups is 1. The summed E-state index contributed by atoms with van der Waals surface area (Å²) in [5, 5.41) is 1.28. The highest BCUT2D eigenvalue weighted by molar-refractivity contribution is 7.98. The molecule has 0 aliphatic carbocycles. The van der Waals surface area contributed by atoms with Crippen molar-refractivity contribution >= 4 is 28.4 Å². The summed E-state index contributed by atoms with van der Waals surface area (Å²) in [6.45, 7) is 2.19. The smallest absolute Gasteiger partial charge is 0.0500 e. The molecule has 80 valence electrons. The number of rotatable bonds is 3. The zero-order valence-electron chi connectivity index (χ0n) is 9.16. The molecule has 0 aliphatic rings. The van der Waals surface area contributed by atoms with E-state index < -0.39 is 0 Å². The Morgan fingerprint density at radius 3 is 2.87 bits per heavy atom. The van der Waals surface area contributed by atoms with Crippen LogP contribution in [0, 0.1) is 0 Å². The van der Waals surface area contributed by atoms with Crippen LogP contribution in [-0.4, -0.2) is 10.3 Å². The number of anilines is 1. The molecular formula is C12H16N2S. The lowest BCUT2D eigenvalue weighted by molar-refractivity contribution is 0.910. The van der Waals surface area contributed by atoms with E-state index in [1.807, 2.05) is 23.9 Å². The van der Waals surface area contributed by atoms with E-state index in [2.05, 4.69) is 30.7 Å². The lowest BCUT2D eigenvalue weighted by Gasteiger charge is -2.03. The lowest BCUT2D eigenvalue weighted by Crippen LogP contribution is -1.94. The number of hydrogen-bond acceptors (Lipinski definition) is 2. The normalized spacial score (nSPS) is 11.1. The van der Waals surface area contributed by atoms with Gasteiger partial charge in [0.15, 0.2) is 0 Å². The number of aromatic nitrogens is 1. The van der Waals surface area contributed by atoms with E-state index in [1.165, 1.54) is 16.6 Å². The minimum absolute atomic E-state index is 0.832. The van der Waals surface area contributed by atoms with Crippen molar-refractivity contribution < 1.29 is 0 Å². The van der Waals surface area contributed by atoms with E-state index in [0.717, 1.165) is 17.2 Å². The molecule has 0 atom stereocenters. The summed E-state index contributed by atoms with van der Waals surface area (Å²) < 4.78 is 2.23. The fraction of sp³-hybridized carbons (Fsp3) is 0.333. The molecule has 2 rings (SSSR count). The SMILES string of the molecule is CCSCc1cc2ccc(N)cc2n1C. The molecule has 0 fully saturated rings. The van der Waals surface area contributed by atoms with Gasteiger partial charge in [-0.05, 0) is 24.0 Å². The zero-order valence-corrected chi connectivity index (χ0v) is 9.97. The van der Waals surface area contributed by atoms with Gasteiger partial charge in [0.25, 0.3) is 0 Å². The first-order chi connectivity index (χ1) is 7.22. The minimum atomic E-state index is 0.832. The van der Waals surface area contributed by atoms with E-state index >= 15 is 0 Å². The average molecular weight is 220 g/mol. The van der Waals surface area contributed by atoms with Crippen molar-refractivity contribution in [1.82, 2.24) is 4.57 Å². The first-order valence-corrected chi connectivity index (χ1v) is 6.29. The van der Waals surface area contributed by atoms with Crippen LogP contribution in [0.1, 0.15) is 12.6 Å². The van der Waals surface area contributed by atoms with Crippen molar-refractivity contribution in [3.8, 4) is 0 Å². The Morgan fingerprint density at radius 2 is 2.13 bits per heavy atom. The van der Waals surface area contributed by atoms with Gasteiger partial charge < -0.3 is 10.3 Å². The van der Waals surface area contributed by atoms with E-state index in [1.54, 1.807) is 0 Å². The van der Waals surface area contributed by atoms with Crippen LogP contribution in [-0.2, 0) is 12.8 Å². The summed E-state index contributed by atoms with van der Waals surface area (Å²) in [6, 6.07) is 8.33. The van der Waals surface area contributed by atoms with Crippen LogP contribution in [0.3, 0.4) is 0 Å². The minimum Gasteiger partial charge on any atom is -0.399 e. The third-order valence-electron chi connectivity index (χ3n) is 2.62. The van der Waals surface area contributed by atoms with Crippen molar-refractivity contribution in [2.45, 2.75) is 12.7 Å². The first kappa shape index (κ1) is 10.4. The summed E-state index contributed by atoms with van der Waals surface area (Å²) in [5.41, 5.74) is 9.20. The number of hydrogen-bond donors (Lipinski definition) is 1. The van der Waals surface area contributed by atoms with E-state index in [9.17, 15) is 0 Å².